The van der Waals surface area contributed by atoms with Crippen LogP contribution in [0.4, 0.5) is 0 Å². The Kier molecular flexibility index (Phi) is 6.50. The summed E-state index contributed by atoms with van der Waals surface area (Å²) in [5.74, 6) is -0.0326. The summed E-state index contributed by atoms with van der Waals surface area (Å²) in [6.07, 6.45) is 0. The van der Waals surface area contributed by atoms with Crippen LogP contribution in [-0.4, -0.2) is 49.6 Å². The maximum absolute atomic E-state index is 13.2. The van der Waals surface area contributed by atoms with E-state index in [0.717, 1.165) is 4.31 Å². The molecular formula is C23H26N2O5S. The highest BCUT2D eigenvalue weighted by Crippen LogP contribution is 2.37. The number of rotatable bonds is 7. The minimum Gasteiger partial charge on any atom is -0.497 e. The number of benzene rings is 2. The van der Waals surface area contributed by atoms with E-state index in [2.05, 4.69) is 0 Å². The van der Waals surface area contributed by atoms with Crippen LogP contribution >= 0.6 is 0 Å². The zero-order chi connectivity index (χ0) is 22.8. The van der Waals surface area contributed by atoms with Gasteiger partial charge in [-0.05, 0) is 68.3 Å². The molecule has 0 spiro atoms. The van der Waals surface area contributed by atoms with Crippen molar-refractivity contribution in [2.45, 2.75) is 27.3 Å². The van der Waals surface area contributed by atoms with Crippen LogP contribution in [0, 0.1) is 0 Å². The molecule has 1 aliphatic rings. The summed E-state index contributed by atoms with van der Waals surface area (Å²) in [5, 5.41) is 0. The van der Waals surface area contributed by atoms with Crippen LogP contribution in [-0.2, 0) is 21.4 Å². The number of ether oxygens (including phenoxy) is 1. The number of sulfonamides is 1. The molecule has 31 heavy (non-hydrogen) atoms. The molecule has 3 rings (SSSR count). The monoisotopic (exact) mass is 442 g/mol. The van der Waals surface area contributed by atoms with Gasteiger partial charge in [-0.1, -0.05) is 12.1 Å². The Balaban J connectivity index is 1.84. The molecule has 164 valence electrons. The van der Waals surface area contributed by atoms with E-state index in [4.69, 9.17) is 4.74 Å². The van der Waals surface area contributed by atoms with Gasteiger partial charge in [-0.3, -0.25) is 9.59 Å². The van der Waals surface area contributed by atoms with E-state index >= 15 is 0 Å². The zero-order valence-electron chi connectivity index (χ0n) is 18.1. The molecule has 2 aromatic carbocycles. The number of methoxy groups -OCH3 is 1. The van der Waals surface area contributed by atoms with Gasteiger partial charge in [-0.15, -0.1) is 0 Å². The molecule has 2 amide bonds. The molecule has 0 aromatic heterocycles. The number of hydrogen-bond donors (Lipinski definition) is 0. The Hall–Kier alpha value is -3.13. The Bertz CT molecular complexity index is 1120. The number of carbonyl (C=O) groups excluding carboxylic acids is 2. The van der Waals surface area contributed by atoms with Gasteiger partial charge in [0.25, 0.3) is 21.8 Å². The van der Waals surface area contributed by atoms with Crippen molar-refractivity contribution >= 4 is 26.7 Å². The van der Waals surface area contributed by atoms with Crippen molar-refractivity contribution in [1.29, 1.82) is 0 Å². The largest absolute Gasteiger partial charge is 0.497 e. The first-order chi connectivity index (χ1) is 14.7. The molecule has 1 heterocycles. The lowest BCUT2D eigenvalue weighted by Gasteiger charge is -2.19. The molecule has 0 saturated heterocycles. The third-order valence-corrected chi connectivity index (χ3v) is 7.30. The Labute approximate surface area is 183 Å². The SMILES string of the molecule is CCN(CC)C(=O)c1ccc(CN2C(=O)C(C)=C(c3ccc(OC)cc3)S2(=O)=O)cc1. The Morgan fingerprint density at radius 3 is 2.10 bits per heavy atom. The van der Waals surface area contributed by atoms with Gasteiger partial charge >= 0.3 is 0 Å². The van der Waals surface area contributed by atoms with Crippen LogP contribution in [0.25, 0.3) is 4.91 Å². The quantitative estimate of drug-likeness (QED) is 0.657. The third kappa shape index (κ3) is 4.20. The van der Waals surface area contributed by atoms with E-state index in [1.807, 2.05) is 13.8 Å². The molecular weight excluding hydrogens is 416 g/mol. The molecule has 0 radical (unpaired) electrons. The van der Waals surface area contributed by atoms with E-state index in [9.17, 15) is 18.0 Å². The van der Waals surface area contributed by atoms with Crippen LogP contribution < -0.4 is 4.74 Å². The van der Waals surface area contributed by atoms with Gasteiger partial charge in [-0.25, -0.2) is 12.7 Å². The third-order valence-electron chi connectivity index (χ3n) is 5.37. The number of amides is 2. The van der Waals surface area contributed by atoms with Crippen LogP contribution in [0.15, 0.2) is 54.1 Å². The summed E-state index contributed by atoms with van der Waals surface area (Å²) in [4.78, 5) is 26.9. The van der Waals surface area contributed by atoms with E-state index in [-0.39, 0.29) is 22.9 Å². The van der Waals surface area contributed by atoms with E-state index in [0.29, 0.717) is 35.5 Å². The molecule has 0 saturated carbocycles. The maximum Gasteiger partial charge on any atom is 0.268 e. The lowest BCUT2D eigenvalue weighted by atomic mass is 10.1. The number of nitrogens with zero attached hydrogens (tertiary/aromatic N) is 2. The summed E-state index contributed by atoms with van der Waals surface area (Å²) < 4.78 is 32.3. The van der Waals surface area contributed by atoms with Gasteiger partial charge in [0, 0.05) is 24.2 Å². The van der Waals surface area contributed by atoms with Gasteiger partial charge in [0.1, 0.15) is 10.7 Å². The molecule has 1 aliphatic heterocycles. The summed E-state index contributed by atoms with van der Waals surface area (Å²) in [7, 11) is -2.47. The second kappa shape index (κ2) is 8.93. The predicted octanol–water partition coefficient (Wildman–Crippen LogP) is 3.28. The van der Waals surface area contributed by atoms with E-state index in [1.165, 1.54) is 14.0 Å². The highest BCUT2D eigenvalue weighted by molar-refractivity contribution is 7.99. The summed E-state index contributed by atoms with van der Waals surface area (Å²) in [6, 6.07) is 13.2. The fourth-order valence-electron chi connectivity index (χ4n) is 3.57. The van der Waals surface area contributed by atoms with Crippen molar-refractivity contribution in [1.82, 2.24) is 9.21 Å². The van der Waals surface area contributed by atoms with Crippen LogP contribution in [0.1, 0.15) is 42.3 Å². The van der Waals surface area contributed by atoms with Gasteiger partial charge in [0.15, 0.2) is 0 Å². The molecule has 0 fully saturated rings. The topological polar surface area (TPSA) is 84.0 Å². The first-order valence-corrected chi connectivity index (χ1v) is 11.5. The molecule has 0 atom stereocenters. The molecule has 8 heteroatoms. The molecule has 0 N–H and O–H groups in total. The van der Waals surface area contributed by atoms with Crippen molar-refractivity contribution in [3.05, 3.63) is 70.8 Å². The average Bonchev–Trinajstić information content (AvgIpc) is 2.94. The van der Waals surface area contributed by atoms with Crippen molar-refractivity contribution < 1.29 is 22.7 Å². The molecule has 0 bridgehead atoms. The van der Waals surface area contributed by atoms with Crippen LogP contribution in [0.3, 0.4) is 0 Å². The fraction of sp³-hybridized carbons (Fsp3) is 0.304. The van der Waals surface area contributed by atoms with Crippen molar-refractivity contribution in [2.24, 2.45) is 0 Å². The lowest BCUT2D eigenvalue weighted by molar-refractivity contribution is -0.122. The highest BCUT2D eigenvalue weighted by Gasteiger charge is 2.42. The first kappa shape index (κ1) is 22.6. The second-order valence-corrected chi connectivity index (χ2v) is 8.97. The summed E-state index contributed by atoms with van der Waals surface area (Å²) >= 11 is 0. The normalized spacial score (nSPS) is 15.4. The fourth-order valence-corrected chi connectivity index (χ4v) is 5.38. The van der Waals surface area contributed by atoms with E-state index in [1.54, 1.807) is 53.4 Å². The summed E-state index contributed by atoms with van der Waals surface area (Å²) in [6.45, 7) is 6.46. The van der Waals surface area contributed by atoms with Crippen LogP contribution in [0.2, 0.25) is 0 Å². The van der Waals surface area contributed by atoms with E-state index < -0.39 is 15.9 Å². The molecule has 2 aromatic rings. The number of hydrogen-bond acceptors (Lipinski definition) is 5. The minimum atomic E-state index is -4.00. The zero-order valence-corrected chi connectivity index (χ0v) is 18.9. The smallest absolute Gasteiger partial charge is 0.268 e. The van der Waals surface area contributed by atoms with Gasteiger partial charge < -0.3 is 9.64 Å². The second-order valence-electron chi connectivity index (χ2n) is 7.17. The Morgan fingerprint density at radius 2 is 1.58 bits per heavy atom. The van der Waals surface area contributed by atoms with Gasteiger partial charge in [0.05, 0.1) is 13.7 Å². The highest BCUT2D eigenvalue weighted by atomic mass is 32.2. The summed E-state index contributed by atoms with van der Waals surface area (Å²) in [5.41, 5.74) is 1.76. The first-order valence-electron chi connectivity index (χ1n) is 10.0. The van der Waals surface area contributed by atoms with Crippen LogP contribution in [0.5, 0.6) is 5.75 Å². The standard InChI is InChI=1S/C23H26N2O5S/c1-5-24(6-2)23(27)19-9-7-17(8-10-19)15-25-22(26)16(3)21(31(25,28)29)18-11-13-20(30-4)14-12-18/h7-14H,5-6,15H2,1-4H3. The lowest BCUT2D eigenvalue weighted by Crippen LogP contribution is -2.31. The van der Waals surface area contributed by atoms with Gasteiger partial charge in [-0.2, -0.15) is 0 Å². The molecule has 0 unspecified atom stereocenters. The van der Waals surface area contributed by atoms with Crippen molar-refractivity contribution in [2.75, 3.05) is 20.2 Å². The molecule has 0 aliphatic carbocycles. The average molecular weight is 443 g/mol. The number of carbonyl (C=O) groups is 2. The Morgan fingerprint density at radius 1 is 1.00 bits per heavy atom. The molecule has 7 nitrogen and oxygen atoms in total. The van der Waals surface area contributed by atoms with Crippen molar-refractivity contribution in [3.8, 4) is 5.75 Å². The van der Waals surface area contributed by atoms with Gasteiger partial charge in [0.2, 0.25) is 0 Å². The maximum atomic E-state index is 13.2. The minimum absolute atomic E-state index is 0.00786. The predicted molar refractivity (Wildman–Crippen MR) is 119 cm³/mol. The van der Waals surface area contributed by atoms with Crippen molar-refractivity contribution in [3.63, 3.8) is 0 Å².